The Labute approximate surface area is 168 Å². The van der Waals surface area contributed by atoms with Gasteiger partial charge in [-0.3, -0.25) is 4.79 Å². The Morgan fingerprint density at radius 3 is 2.48 bits per heavy atom. The molecule has 150 valence electrons. The van der Waals surface area contributed by atoms with Crippen LogP contribution in [0.25, 0.3) is 5.82 Å². The summed E-state index contributed by atoms with van der Waals surface area (Å²) in [7, 11) is 0. The fourth-order valence-corrected chi connectivity index (χ4v) is 3.69. The number of thiazole rings is 1. The number of hydrogen-bond acceptors (Lipinski definition) is 6. The van der Waals surface area contributed by atoms with Crippen LogP contribution in [0.5, 0.6) is 0 Å². The fourth-order valence-electron chi connectivity index (χ4n) is 2.85. The summed E-state index contributed by atoms with van der Waals surface area (Å²) in [4.78, 5) is 21.1. The lowest BCUT2D eigenvalue weighted by atomic mass is 9.95. The minimum absolute atomic E-state index is 0.152. The highest BCUT2D eigenvalue weighted by molar-refractivity contribution is 7.10. The number of rotatable bonds is 5. The summed E-state index contributed by atoms with van der Waals surface area (Å²) in [6.45, 7) is 5.42. The molecular weight excluding hydrogens is 403 g/mol. The quantitative estimate of drug-likeness (QED) is 0.562. The summed E-state index contributed by atoms with van der Waals surface area (Å²) in [5, 5.41) is 15.8. The van der Waals surface area contributed by atoms with Crippen molar-refractivity contribution in [3.05, 3.63) is 57.4 Å². The van der Waals surface area contributed by atoms with Gasteiger partial charge in [-0.25, -0.2) is 14.6 Å². The molecule has 10 heteroatoms. The molecule has 0 aliphatic rings. The van der Waals surface area contributed by atoms with Crippen LogP contribution in [0, 0.1) is 18.3 Å². The topological polar surface area (TPSA) is 84.5 Å². The summed E-state index contributed by atoms with van der Waals surface area (Å²) in [6, 6.07) is 4.10. The van der Waals surface area contributed by atoms with E-state index in [0.29, 0.717) is 16.4 Å². The molecule has 1 unspecified atom stereocenters. The molecule has 3 rings (SSSR count). The zero-order valence-electron chi connectivity index (χ0n) is 15.7. The van der Waals surface area contributed by atoms with E-state index in [9.17, 15) is 23.2 Å². The monoisotopic (exact) mass is 419 g/mol. The van der Waals surface area contributed by atoms with Crippen LogP contribution >= 0.6 is 11.3 Å². The number of Topliss-reactive ketones (excluding diaryl/α,β-unsaturated/α-hetero) is 1. The highest BCUT2D eigenvalue weighted by Gasteiger charge is 2.32. The van der Waals surface area contributed by atoms with Crippen molar-refractivity contribution in [1.29, 1.82) is 5.26 Å². The van der Waals surface area contributed by atoms with Crippen molar-refractivity contribution in [3.63, 3.8) is 0 Å². The number of alkyl halides is 3. The van der Waals surface area contributed by atoms with Gasteiger partial charge in [0.05, 0.1) is 29.1 Å². The number of aromatic nitrogens is 4. The van der Waals surface area contributed by atoms with Crippen molar-refractivity contribution < 1.29 is 18.0 Å². The van der Waals surface area contributed by atoms with Gasteiger partial charge in [-0.05, 0) is 25.0 Å². The first-order valence-corrected chi connectivity index (χ1v) is 9.48. The number of carbonyl (C=O) groups is 1. The van der Waals surface area contributed by atoms with E-state index in [-0.39, 0.29) is 17.3 Å². The number of aryl methyl sites for hydroxylation is 1. The van der Waals surface area contributed by atoms with Crippen LogP contribution in [0.3, 0.4) is 0 Å². The molecule has 3 heterocycles. The van der Waals surface area contributed by atoms with E-state index in [4.69, 9.17) is 0 Å². The maximum absolute atomic E-state index is 13.1. The molecule has 0 amide bonds. The van der Waals surface area contributed by atoms with E-state index in [1.54, 1.807) is 12.3 Å². The highest BCUT2D eigenvalue weighted by Crippen LogP contribution is 2.31. The molecule has 0 saturated carbocycles. The van der Waals surface area contributed by atoms with Gasteiger partial charge >= 0.3 is 6.18 Å². The van der Waals surface area contributed by atoms with E-state index < -0.39 is 23.4 Å². The van der Waals surface area contributed by atoms with Crippen LogP contribution in [-0.4, -0.2) is 25.5 Å². The van der Waals surface area contributed by atoms with Crippen molar-refractivity contribution >= 4 is 17.1 Å². The minimum Gasteiger partial charge on any atom is -0.292 e. The molecule has 0 radical (unpaired) electrons. The molecule has 1 atom stereocenters. The zero-order chi connectivity index (χ0) is 21.3. The molecule has 0 bridgehead atoms. The third kappa shape index (κ3) is 4.05. The van der Waals surface area contributed by atoms with Crippen LogP contribution in [0.15, 0.2) is 29.9 Å². The second-order valence-corrected chi connectivity index (χ2v) is 7.56. The Morgan fingerprint density at radius 1 is 1.28 bits per heavy atom. The normalized spacial score (nSPS) is 12.8. The largest absolute Gasteiger partial charge is 0.417 e. The van der Waals surface area contributed by atoms with Gasteiger partial charge in [-0.1, -0.05) is 13.8 Å². The molecule has 3 aromatic rings. The van der Waals surface area contributed by atoms with Crippen LogP contribution in [0.4, 0.5) is 13.2 Å². The average molecular weight is 419 g/mol. The molecule has 0 fully saturated rings. The van der Waals surface area contributed by atoms with Crippen LogP contribution < -0.4 is 0 Å². The van der Waals surface area contributed by atoms with Gasteiger partial charge in [-0.15, -0.1) is 11.3 Å². The maximum atomic E-state index is 13.1. The fraction of sp³-hybridized carbons (Fsp3) is 0.316. The first kappa shape index (κ1) is 20.7. The van der Waals surface area contributed by atoms with Crippen LogP contribution in [0.2, 0.25) is 0 Å². The molecule has 3 aromatic heterocycles. The number of nitrogens with zero attached hydrogens (tertiary/aromatic N) is 5. The Morgan fingerprint density at radius 2 is 2.00 bits per heavy atom. The van der Waals surface area contributed by atoms with E-state index in [1.165, 1.54) is 28.3 Å². The molecule has 0 saturated heterocycles. The number of halogens is 3. The molecule has 29 heavy (non-hydrogen) atoms. The maximum Gasteiger partial charge on any atom is 0.417 e. The Bertz CT molecular complexity index is 1080. The molecule has 0 aromatic carbocycles. The van der Waals surface area contributed by atoms with Crippen molar-refractivity contribution in [3.8, 4) is 11.9 Å². The zero-order valence-corrected chi connectivity index (χ0v) is 16.5. The minimum atomic E-state index is -4.50. The number of carbonyl (C=O) groups excluding carboxylic acids is 1. The summed E-state index contributed by atoms with van der Waals surface area (Å²) < 4.78 is 39.7. The van der Waals surface area contributed by atoms with Gasteiger partial charge in [0.25, 0.3) is 0 Å². The second-order valence-electron chi connectivity index (χ2n) is 6.67. The van der Waals surface area contributed by atoms with Crippen molar-refractivity contribution in [2.45, 2.75) is 38.8 Å². The summed E-state index contributed by atoms with van der Waals surface area (Å²) >= 11 is 1.23. The molecule has 6 nitrogen and oxygen atoms in total. The van der Waals surface area contributed by atoms with Crippen LogP contribution in [0.1, 0.15) is 58.0 Å². The summed E-state index contributed by atoms with van der Waals surface area (Å²) in [5.41, 5.74) is 0.531. The second kappa shape index (κ2) is 7.75. The lowest BCUT2D eigenvalue weighted by molar-refractivity contribution is -0.137. The van der Waals surface area contributed by atoms with Crippen molar-refractivity contribution in [2.24, 2.45) is 0 Å². The molecule has 0 spiro atoms. The number of ketones is 1. The summed E-state index contributed by atoms with van der Waals surface area (Å²) in [5.74, 6) is -1.58. The lowest BCUT2D eigenvalue weighted by Gasteiger charge is -2.13. The van der Waals surface area contributed by atoms with E-state index in [1.807, 2.05) is 19.9 Å². The smallest absolute Gasteiger partial charge is 0.292 e. The first-order valence-electron chi connectivity index (χ1n) is 8.61. The van der Waals surface area contributed by atoms with Crippen molar-refractivity contribution in [1.82, 2.24) is 19.7 Å². The number of hydrogen-bond donors (Lipinski definition) is 0. The highest BCUT2D eigenvalue weighted by atomic mass is 32.1. The standard InChI is InChI=1S/C19H16F3N5OS/c1-10(2)16-14(17(28)13(6-23)18-26-11(3)9-29-18)8-25-27(16)15-5-4-12(7-24-15)19(20,21)22/h4-5,7-10,13H,1-3H3. The summed E-state index contributed by atoms with van der Waals surface area (Å²) in [6.07, 6.45) is -2.45. The number of nitriles is 1. The van der Waals surface area contributed by atoms with Gasteiger partial charge in [0.1, 0.15) is 5.01 Å². The Balaban J connectivity index is 2.03. The van der Waals surface area contributed by atoms with Gasteiger partial charge in [0.2, 0.25) is 0 Å². The van der Waals surface area contributed by atoms with Gasteiger partial charge < -0.3 is 0 Å². The SMILES string of the molecule is Cc1csc(C(C#N)C(=O)c2cnn(-c3ccc(C(F)(F)F)cn3)c2C(C)C)n1. The lowest BCUT2D eigenvalue weighted by Crippen LogP contribution is -2.15. The van der Waals surface area contributed by atoms with Gasteiger partial charge in [0, 0.05) is 17.3 Å². The number of pyridine rings is 1. The molecule has 0 N–H and O–H groups in total. The van der Waals surface area contributed by atoms with E-state index >= 15 is 0 Å². The first-order chi connectivity index (χ1) is 13.6. The van der Waals surface area contributed by atoms with E-state index in [0.717, 1.165) is 12.3 Å². The van der Waals surface area contributed by atoms with Crippen LogP contribution in [-0.2, 0) is 6.18 Å². The predicted octanol–water partition coefficient (Wildman–Crippen LogP) is 4.66. The van der Waals surface area contributed by atoms with Gasteiger partial charge in [-0.2, -0.15) is 23.5 Å². The molecule has 0 aliphatic carbocycles. The van der Waals surface area contributed by atoms with Crippen molar-refractivity contribution in [2.75, 3.05) is 0 Å². The molecular formula is C19H16F3N5OS. The van der Waals surface area contributed by atoms with Gasteiger partial charge in [0.15, 0.2) is 17.5 Å². The van der Waals surface area contributed by atoms with E-state index in [2.05, 4.69) is 15.1 Å². The Hall–Kier alpha value is -3.06. The predicted molar refractivity (Wildman–Crippen MR) is 100.0 cm³/mol. The third-order valence-electron chi connectivity index (χ3n) is 4.19. The average Bonchev–Trinajstić information content (AvgIpc) is 3.28. The third-order valence-corrected chi connectivity index (χ3v) is 5.21. The molecule has 0 aliphatic heterocycles. The Kier molecular flexibility index (Phi) is 5.53.